The molecule has 1 atom stereocenters. The Morgan fingerprint density at radius 1 is 1.53 bits per heavy atom. The van der Waals surface area contributed by atoms with Crippen molar-refractivity contribution in [3.63, 3.8) is 0 Å². The molecule has 0 aliphatic rings. The maximum absolute atomic E-state index is 11.5. The van der Waals surface area contributed by atoms with Crippen LogP contribution in [0.4, 0.5) is 0 Å². The lowest BCUT2D eigenvalue weighted by Crippen LogP contribution is -2.40. The van der Waals surface area contributed by atoms with Gasteiger partial charge in [0.2, 0.25) is 5.91 Å². The fraction of sp³-hybridized carbons (Fsp3) is 0.727. The van der Waals surface area contributed by atoms with E-state index in [-0.39, 0.29) is 23.7 Å². The molecule has 0 spiro atoms. The van der Waals surface area contributed by atoms with Crippen molar-refractivity contribution in [2.45, 2.75) is 33.2 Å². The van der Waals surface area contributed by atoms with Crippen molar-refractivity contribution in [3.05, 3.63) is 12.3 Å². The lowest BCUT2D eigenvalue weighted by molar-refractivity contribution is -0.123. The molecule has 1 amide bonds. The van der Waals surface area contributed by atoms with Gasteiger partial charge >= 0.3 is 0 Å². The average Bonchev–Trinajstić information content (AvgIpc) is 1.99. The van der Waals surface area contributed by atoms with E-state index < -0.39 is 6.04 Å². The van der Waals surface area contributed by atoms with E-state index in [9.17, 15) is 9.90 Å². The number of methoxy groups -OCH3 is 1. The number of rotatable bonds is 5. The molecular formula is C11H21NO3. The van der Waals surface area contributed by atoms with E-state index in [1.165, 1.54) is 7.11 Å². The lowest BCUT2D eigenvalue weighted by atomic mass is 9.92. The zero-order valence-electron chi connectivity index (χ0n) is 9.96. The topological polar surface area (TPSA) is 58.6 Å². The third-order valence-corrected chi connectivity index (χ3v) is 1.76. The summed E-state index contributed by atoms with van der Waals surface area (Å²) < 4.78 is 4.86. The van der Waals surface area contributed by atoms with E-state index in [1.807, 2.05) is 20.8 Å². The number of hydrogen-bond acceptors (Lipinski definition) is 3. The van der Waals surface area contributed by atoms with Gasteiger partial charge in [-0.1, -0.05) is 27.4 Å². The Morgan fingerprint density at radius 3 is 2.40 bits per heavy atom. The van der Waals surface area contributed by atoms with Gasteiger partial charge in [0, 0.05) is 13.5 Å². The highest BCUT2D eigenvalue weighted by Crippen LogP contribution is 2.18. The highest BCUT2D eigenvalue weighted by Gasteiger charge is 2.20. The second-order valence-electron chi connectivity index (χ2n) is 4.80. The number of aliphatic hydroxyl groups is 1. The van der Waals surface area contributed by atoms with Crippen molar-refractivity contribution in [3.8, 4) is 0 Å². The summed E-state index contributed by atoms with van der Waals surface area (Å²) in [4.78, 5) is 11.5. The van der Waals surface area contributed by atoms with Gasteiger partial charge < -0.3 is 15.2 Å². The van der Waals surface area contributed by atoms with Gasteiger partial charge in [0.25, 0.3) is 0 Å². The number of aliphatic hydroxyl groups excluding tert-OH is 1. The van der Waals surface area contributed by atoms with Crippen LogP contribution < -0.4 is 5.32 Å². The zero-order chi connectivity index (χ0) is 12.1. The maximum atomic E-state index is 11.5. The molecule has 0 heterocycles. The molecule has 4 nitrogen and oxygen atoms in total. The number of carbonyl (C=O) groups is 1. The standard InChI is InChI=1S/C11H21NO3/c1-8(13)9(7-15-5)12-10(14)6-11(2,3)4/h9,13H,1,6-7H2,2-5H3,(H,12,14). The third kappa shape index (κ3) is 6.96. The molecular weight excluding hydrogens is 194 g/mol. The molecule has 0 saturated heterocycles. The minimum absolute atomic E-state index is 0.0709. The maximum Gasteiger partial charge on any atom is 0.221 e. The fourth-order valence-electron chi connectivity index (χ4n) is 1.11. The van der Waals surface area contributed by atoms with Gasteiger partial charge in [0.1, 0.15) is 11.8 Å². The Bertz CT molecular complexity index is 230. The van der Waals surface area contributed by atoms with Gasteiger partial charge in [-0.3, -0.25) is 4.79 Å². The van der Waals surface area contributed by atoms with Crippen LogP contribution in [0.1, 0.15) is 27.2 Å². The van der Waals surface area contributed by atoms with Crippen molar-refractivity contribution in [2.24, 2.45) is 5.41 Å². The normalized spacial score (nSPS) is 13.3. The Labute approximate surface area is 91.3 Å². The fourth-order valence-corrected chi connectivity index (χ4v) is 1.11. The van der Waals surface area contributed by atoms with Crippen LogP contribution in [0.2, 0.25) is 0 Å². The summed E-state index contributed by atoms with van der Waals surface area (Å²) >= 11 is 0. The van der Waals surface area contributed by atoms with Crippen molar-refractivity contribution < 1.29 is 14.6 Å². The smallest absolute Gasteiger partial charge is 0.221 e. The van der Waals surface area contributed by atoms with E-state index >= 15 is 0 Å². The first-order chi connectivity index (χ1) is 6.76. The third-order valence-electron chi connectivity index (χ3n) is 1.76. The molecule has 0 aromatic carbocycles. The number of hydrogen-bond donors (Lipinski definition) is 2. The van der Waals surface area contributed by atoms with Gasteiger partial charge in [0.05, 0.1) is 6.61 Å². The van der Waals surface area contributed by atoms with E-state index in [2.05, 4.69) is 11.9 Å². The molecule has 0 aromatic rings. The van der Waals surface area contributed by atoms with Crippen LogP contribution in [-0.2, 0) is 9.53 Å². The molecule has 0 bridgehead atoms. The predicted octanol–water partition coefficient (Wildman–Crippen LogP) is 1.63. The van der Waals surface area contributed by atoms with Gasteiger partial charge in [-0.25, -0.2) is 0 Å². The number of nitrogens with one attached hydrogen (secondary N) is 1. The first-order valence-electron chi connectivity index (χ1n) is 4.92. The lowest BCUT2D eigenvalue weighted by Gasteiger charge is -2.21. The minimum Gasteiger partial charge on any atom is -0.511 e. The van der Waals surface area contributed by atoms with E-state index in [0.717, 1.165) is 0 Å². The molecule has 88 valence electrons. The molecule has 0 rings (SSSR count). The van der Waals surface area contributed by atoms with E-state index in [0.29, 0.717) is 6.42 Å². The predicted molar refractivity (Wildman–Crippen MR) is 59.6 cm³/mol. The Balaban J connectivity index is 4.18. The molecule has 4 heteroatoms. The largest absolute Gasteiger partial charge is 0.511 e. The summed E-state index contributed by atoms with van der Waals surface area (Å²) in [5.41, 5.74) is -0.0709. The SMILES string of the molecule is C=C(O)C(COC)NC(=O)CC(C)(C)C. The first-order valence-corrected chi connectivity index (χ1v) is 4.92. The van der Waals surface area contributed by atoms with Gasteiger partial charge in [-0.15, -0.1) is 0 Å². The second kappa shape index (κ2) is 5.75. The molecule has 0 aromatic heterocycles. The van der Waals surface area contributed by atoms with Crippen molar-refractivity contribution in [1.82, 2.24) is 5.32 Å². The summed E-state index contributed by atoms with van der Waals surface area (Å²) in [6.07, 6.45) is 0.403. The van der Waals surface area contributed by atoms with Gasteiger partial charge in [-0.2, -0.15) is 0 Å². The van der Waals surface area contributed by atoms with Crippen molar-refractivity contribution in [1.29, 1.82) is 0 Å². The highest BCUT2D eigenvalue weighted by molar-refractivity contribution is 5.77. The molecule has 15 heavy (non-hydrogen) atoms. The van der Waals surface area contributed by atoms with Crippen LogP contribution in [0, 0.1) is 5.41 Å². The summed E-state index contributed by atoms with van der Waals surface area (Å²) in [7, 11) is 1.51. The van der Waals surface area contributed by atoms with Gasteiger partial charge in [0.15, 0.2) is 0 Å². The first kappa shape index (κ1) is 14.0. The van der Waals surface area contributed by atoms with Crippen LogP contribution in [0.3, 0.4) is 0 Å². The Kier molecular flexibility index (Phi) is 5.36. The number of carbonyl (C=O) groups excluding carboxylic acids is 1. The summed E-state index contributed by atoms with van der Waals surface area (Å²) in [6, 6.07) is -0.523. The molecule has 0 aliphatic carbocycles. The minimum atomic E-state index is -0.523. The molecule has 0 fully saturated rings. The zero-order valence-corrected chi connectivity index (χ0v) is 9.96. The highest BCUT2D eigenvalue weighted by atomic mass is 16.5. The van der Waals surface area contributed by atoms with Crippen LogP contribution in [0.15, 0.2) is 12.3 Å². The Hall–Kier alpha value is -1.03. The van der Waals surface area contributed by atoms with Crippen LogP contribution >= 0.6 is 0 Å². The van der Waals surface area contributed by atoms with Crippen LogP contribution in [0.5, 0.6) is 0 Å². The molecule has 0 aliphatic heterocycles. The molecule has 0 radical (unpaired) electrons. The monoisotopic (exact) mass is 215 g/mol. The quantitative estimate of drug-likeness (QED) is 0.685. The molecule has 0 saturated carbocycles. The number of amides is 1. The van der Waals surface area contributed by atoms with E-state index in [1.54, 1.807) is 0 Å². The second-order valence-corrected chi connectivity index (χ2v) is 4.80. The average molecular weight is 215 g/mol. The van der Waals surface area contributed by atoms with Crippen LogP contribution in [0.25, 0.3) is 0 Å². The number of ether oxygens (including phenoxy) is 1. The van der Waals surface area contributed by atoms with Crippen molar-refractivity contribution in [2.75, 3.05) is 13.7 Å². The van der Waals surface area contributed by atoms with Crippen LogP contribution in [-0.4, -0.2) is 30.8 Å². The molecule has 2 N–H and O–H groups in total. The summed E-state index contributed by atoms with van der Waals surface area (Å²) in [6.45, 7) is 9.55. The summed E-state index contributed by atoms with van der Waals surface area (Å²) in [5, 5.41) is 11.9. The Morgan fingerprint density at radius 2 is 2.07 bits per heavy atom. The van der Waals surface area contributed by atoms with E-state index in [4.69, 9.17) is 4.74 Å². The summed E-state index contributed by atoms with van der Waals surface area (Å²) in [5.74, 6) is -0.196. The van der Waals surface area contributed by atoms with Gasteiger partial charge in [-0.05, 0) is 5.41 Å². The molecule has 1 unspecified atom stereocenters. The van der Waals surface area contributed by atoms with Crippen molar-refractivity contribution >= 4 is 5.91 Å².